The summed E-state index contributed by atoms with van der Waals surface area (Å²) >= 11 is 5.09. The number of hydrogen-bond donors (Lipinski definition) is 1. The van der Waals surface area contributed by atoms with Crippen molar-refractivity contribution in [3.05, 3.63) is 68.9 Å². The summed E-state index contributed by atoms with van der Waals surface area (Å²) < 4.78 is 3.01. The van der Waals surface area contributed by atoms with Gasteiger partial charge in [-0.1, -0.05) is 34.1 Å². The summed E-state index contributed by atoms with van der Waals surface area (Å²) in [6.45, 7) is 5.92. The quantitative estimate of drug-likeness (QED) is 0.679. The zero-order valence-corrected chi connectivity index (χ0v) is 16.1. The Morgan fingerprint density at radius 2 is 2.08 bits per heavy atom. The molecule has 1 N–H and O–H groups in total. The van der Waals surface area contributed by atoms with Crippen LogP contribution in [-0.4, -0.2) is 15.5 Å². The highest BCUT2D eigenvalue weighted by molar-refractivity contribution is 9.10. The number of nitrogens with one attached hydrogen (secondary N) is 1. The zero-order valence-electron chi connectivity index (χ0n) is 13.7. The zero-order chi connectivity index (χ0) is 17.3. The van der Waals surface area contributed by atoms with Gasteiger partial charge in [-0.2, -0.15) is 0 Å². The Labute approximate surface area is 153 Å². The van der Waals surface area contributed by atoms with Crippen molar-refractivity contribution in [2.45, 2.75) is 26.8 Å². The molecule has 0 aliphatic carbocycles. The van der Waals surface area contributed by atoms with Crippen LogP contribution in [0.25, 0.3) is 5.13 Å². The van der Waals surface area contributed by atoms with Gasteiger partial charge in [0.15, 0.2) is 5.13 Å². The molecule has 0 saturated heterocycles. The summed E-state index contributed by atoms with van der Waals surface area (Å²) in [5.74, 6) is -0.0749. The molecule has 3 rings (SSSR count). The van der Waals surface area contributed by atoms with Gasteiger partial charge in [0.1, 0.15) is 0 Å². The highest BCUT2D eigenvalue weighted by atomic mass is 79.9. The molecule has 3 aromatic rings. The first kappa shape index (κ1) is 16.9. The summed E-state index contributed by atoms with van der Waals surface area (Å²) in [5, 5.41) is 5.89. The Balaban J connectivity index is 1.86. The molecular weight excluding hydrogens is 386 g/mol. The lowest BCUT2D eigenvalue weighted by Crippen LogP contribution is -2.27. The second-order valence-corrected chi connectivity index (χ2v) is 7.38. The predicted octanol–water partition coefficient (Wildman–Crippen LogP) is 4.80. The van der Waals surface area contributed by atoms with Gasteiger partial charge in [-0.25, -0.2) is 4.98 Å². The fourth-order valence-corrected chi connectivity index (χ4v) is 4.17. The molecule has 0 saturated carbocycles. The number of aromatic nitrogens is 2. The molecule has 0 fully saturated rings. The van der Waals surface area contributed by atoms with Crippen LogP contribution < -0.4 is 5.32 Å². The third kappa shape index (κ3) is 3.16. The Kier molecular flexibility index (Phi) is 4.87. The number of aryl methyl sites for hydroxylation is 1. The van der Waals surface area contributed by atoms with Crippen molar-refractivity contribution in [3.8, 4) is 5.13 Å². The molecule has 0 aliphatic heterocycles. The fraction of sp³-hybridized carbons (Fsp3) is 0.222. The van der Waals surface area contributed by atoms with Crippen LogP contribution in [0.5, 0.6) is 0 Å². The smallest absolute Gasteiger partial charge is 0.253 e. The molecule has 1 amide bonds. The van der Waals surface area contributed by atoms with Gasteiger partial charge in [0.05, 0.1) is 11.6 Å². The van der Waals surface area contributed by atoms with E-state index < -0.39 is 0 Å². The second-order valence-electron chi connectivity index (χ2n) is 5.65. The maximum Gasteiger partial charge on any atom is 0.253 e. The lowest BCUT2D eigenvalue weighted by molar-refractivity contribution is 0.0939. The Bertz CT molecular complexity index is 871. The van der Waals surface area contributed by atoms with E-state index in [-0.39, 0.29) is 11.9 Å². The number of nitrogens with zero attached hydrogens (tertiary/aromatic N) is 2. The van der Waals surface area contributed by atoms with Gasteiger partial charge < -0.3 is 5.32 Å². The van der Waals surface area contributed by atoms with Crippen molar-refractivity contribution in [1.29, 1.82) is 0 Å². The lowest BCUT2D eigenvalue weighted by atomic mass is 10.1. The molecule has 0 spiro atoms. The molecule has 1 atom stereocenters. The van der Waals surface area contributed by atoms with Crippen LogP contribution in [0.15, 0.2) is 46.4 Å². The normalized spacial score (nSPS) is 12.2. The topological polar surface area (TPSA) is 46.9 Å². The number of carbonyl (C=O) groups is 1. The van der Waals surface area contributed by atoms with Crippen molar-refractivity contribution < 1.29 is 4.79 Å². The molecule has 1 aromatic carbocycles. The minimum atomic E-state index is -0.0870. The highest BCUT2D eigenvalue weighted by Gasteiger charge is 2.20. The molecule has 2 heterocycles. The van der Waals surface area contributed by atoms with Crippen LogP contribution >= 0.6 is 27.3 Å². The van der Waals surface area contributed by atoms with Crippen molar-refractivity contribution in [2.24, 2.45) is 0 Å². The van der Waals surface area contributed by atoms with E-state index >= 15 is 0 Å². The number of benzene rings is 1. The molecule has 4 nitrogen and oxygen atoms in total. The number of rotatable bonds is 4. The summed E-state index contributed by atoms with van der Waals surface area (Å²) in [6, 6.07) is 9.75. The molecular formula is C18H18BrN3OS. The third-order valence-electron chi connectivity index (χ3n) is 4.01. The van der Waals surface area contributed by atoms with Gasteiger partial charge in [0.2, 0.25) is 0 Å². The van der Waals surface area contributed by atoms with Crippen LogP contribution in [0.3, 0.4) is 0 Å². The van der Waals surface area contributed by atoms with Gasteiger partial charge in [0, 0.05) is 27.4 Å². The van der Waals surface area contributed by atoms with Crippen LogP contribution in [-0.2, 0) is 0 Å². The van der Waals surface area contributed by atoms with E-state index in [0.29, 0.717) is 5.56 Å². The maximum atomic E-state index is 12.7. The van der Waals surface area contributed by atoms with Crippen LogP contribution in [0.1, 0.15) is 40.3 Å². The van der Waals surface area contributed by atoms with E-state index in [2.05, 4.69) is 26.2 Å². The van der Waals surface area contributed by atoms with Crippen molar-refractivity contribution in [3.63, 3.8) is 0 Å². The number of amides is 1. The molecule has 124 valence electrons. The molecule has 6 heteroatoms. The molecule has 24 heavy (non-hydrogen) atoms. The van der Waals surface area contributed by atoms with E-state index in [1.165, 1.54) is 0 Å². The molecule has 2 aromatic heterocycles. The number of hydrogen-bond acceptors (Lipinski definition) is 3. The van der Waals surface area contributed by atoms with Crippen LogP contribution in [0.4, 0.5) is 0 Å². The fourth-order valence-electron chi connectivity index (χ4n) is 2.79. The first-order valence-electron chi connectivity index (χ1n) is 7.63. The predicted molar refractivity (Wildman–Crippen MR) is 101 cm³/mol. The summed E-state index contributed by atoms with van der Waals surface area (Å²) in [4.78, 5) is 17.1. The summed E-state index contributed by atoms with van der Waals surface area (Å²) in [7, 11) is 0. The molecule has 0 bridgehead atoms. The van der Waals surface area contributed by atoms with Gasteiger partial charge in [-0.05, 0) is 38.5 Å². The standard InChI is InChI=1S/C18H18BrN3OS/c1-11-10-15(13(3)22(11)18-20-8-9-24-18)17(23)21-12(2)14-6-4-5-7-16(14)19/h4-10,12H,1-3H3,(H,21,23). The largest absolute Gasteiger partial charge is 0.345 e. The van der Waals surface area contributed by atoms with E-state index in [9.17, 15) is 4.79 Å². The minimum Gasteiger partial charge on any atom is -0.345 e. The van der Waals surface area contributed by atoms with Crippen molar-refractivity contribution in [2.75, 3.05) is 0 Å². The van der Waals surface area contributed by atoms with E-state index in [1.54, 1.807) is 17.5 Å². The number of carbonyl (C=O) groups excluding carboxylic acids is 1. The second kappa shape index (κ2) is 6.91. The van der Waals surface area contributed by atoms with Gasteiger partial charge in [-0.3, -0.25) is 9.36 Å². The van der Waals surface area contributed by atoms with E-state index in [1.807, 2.05) is 61.1 Å². The monoisotopic (exact) mass is 403 g/mol. The van der Waals surface area contributed by atoms with Gasteiger partial charge >= 0.3 is 0 Å². The average Bonchev–Trinajstić information content (AvgIpc) is 3.15. The number of halogens is 1. The third-order valence-corrected chi connectivity index (χ3v) is 5.48. The first-order chi connectivity index (χ1) is 11.5. The first-order valence-corrected chi connectivity index (χ1v) is 9.30. The van der Waals surface area contributed by atoms with Gasteiger partial charge in [-0.15, -0.1) is 11.3 Å². The van der Waals surface area contributed by atoms with E-state index in [0.717, 1.165) is 26.6 Å². The van der Waals surface area contributed by atoms with Crippen molar-refractivity contribution >= 4 is 33.2 Å². The molecule has 1 unspecified atom stereocenters. The average molecular weight is 404 g/mol. The highest BCUT2D eigenvalue weighted by Crippen LogP contribution is 2.25. The maximum absolute atomic E-state index is 12.7. The Morgan fingerprint density at radius 1 is 1.33 bits per heavy atom. The van der Waals surface area contributed by atoms with E-state index in [4.69, 9.17) is 0 Å². The van der Waals surface area contributed by atoms with Crippen molar-refractivity contribution in [1.82, 2.24) is 14.9 Å². The molecule has 0 aliphatic rings. The minimum absolute atomic E-state index is 0.0749. The Morgan fingerprint density at radius 3 is 2.75 bits per heavy atom. The lowest BCUT2D eigenvalue weighted by Gasteiger charge is -2.16. The van der Waals surface area contributed by atoms with Crippen LogP contribution in [0, 0.1) is 13.8 Å². The summed E-state index contributed by atoms with van der Waals surface area (Å²) in [5.41, 5.74) is 3.64. The SMILES string of the molecule is Cc1cc(C(=O)NC(C)c2ccccc2Br)c(C)n1-c1nccs1. The number of thiazole rings is 1. The Hall–Kier alpha value is -1.92. The van der Waals surface area contributed by atoms with Gasteiger partial charge in [0.25, 0.3) is 5.91 Å². The van der Waals surface area contributed by atoms with Crippen LogP contribution in [0.2, 0.25) is 0 Å². The molecule has 0 radical (unpaired) electrons. The summed E-state index contributed by atoms with van der Waals surface area (Å²) in [6.07, 6.45) is 1.77.